The highest BCUT2D eigenvalue weighted by Gasteiger charge is 2.36. The smallest absolute Gasteiger partial charge is 0.224 e. The molecule has 102 valence electrons. The fourth-order valence-corrected chi connectivity index (χ4v) is 3.79. The number of piperazine rings is 1. The van der Waals surface area contributed by atoms with Crippen molar-refractivity contribution in [3.63, 3.8) is 0 Å². The molecule has 1 amide bonds. The van der Waals surface area contributed by atoms with Crippen LogP contribution < -0.4 is 5.32 Å². The van der Waals surface area contributed by atoms with Gasteiger partial charge in [0.2, 0.25) is 5.91 Å². The van der Waals surface area contributed by atoms with Crippen LogP contribution in [0.2, 0.25) is 0 Å². The number of nitrogens with one attached hydrogen (secondary N) is 1. The molecule has 1 N–H and O–H groups in total. The number of fused-ring (bicyclic) bond motifs is 1. The third kappa shape index (κ3) is 2.41. The van der Waals surface area contributed by atoms with Gasteiger partial charge in [0.1, 0.15) is 0 Å². The topological polar surface area (TPSA) is 35.6 Å². The van der Waals surface area contributed by atoms with E-state index in [1.54, 1.807) is 0 Å². The van der Waals surface area contributed by atoms with Crippen molar-refractivity contribution in [2.75, 3.05) is 26.2 Å². The maximum Gasteiger partial charge on any atom is 0.224 e. The maximum absolute atomic E-state index is 12.4. The Kier molecular flexibility index (Phi) is 3.57. The van der Waals surface area contributed by atoms with Gasteiger partial charge in [-0.25, -0.2) is 0 Å². The summed E-state index contributed by atoms with van der Waals surface area (Å²) in [5, 5.41) is 3.43. The average molecular weight is 251 g/mol. The Labute approximate surface area is 110 Å². The van der Waals surface area contributed by atoms with Crippen LogP contribution in [0, 0.1) is 0 Å². The van der Waals surface area contributed by atoms with Gasteiger partial charge < -0.3 is 10.2 Å². The summed E-state index contributed by atoms with van der Waals surface area (Å²) in [5.74, 6) is 0.369. The molecule has 3 aliphatic rings. The monoisotopic (exact) mass is 251 g/mol. The Hall–Kier alpha value is -0.610. The Morgan fingerprint density at radius 3 is 2.94 bits per heavy atom. The summed E-state index contributed by atoms with van der Waals surface area (Å²) in [6.45, 7) is 6.57. The van der Waals surface area contributed by atoms with Crippen molar-refractivity contribution in [1.29, 1.82) is 0 Å². The molecule has 18 heavy (non-hydrogen) atoms. The summed E-state index contributed by atoms with van der Waals surface area (Å²) in [5.41, 5.74) is 0. The van der Waals surface area contributed by atoms with E-state index < -0.39 is 0 Å². The molecule has 3 atom stereocenters. The van der Waals surface area contributed by atoms with Gasteiger partial charge in [0, 0.05) is 37.6 Å². The van der Waals surface area contributed by atoms with Crippen molar-refractivity contribution in [2.45, 2.75) is 57.2 Å². The molecule has 0 radical (unpaired) electrons. The number of rotatable bonds is 2. The quantitative estimate of drug-likeness (QED) is 0.789. The molecule has 4 nitrogen and oxygen atoms in total. The van der Waals surface area contributed by atoms with E-state index in [9.17, 15) is 4.79 Å². The lowest BCUT2D eigenvalue weighted by Gasteiger charge is -2.42. The van der Waals surface area contributed by atoms with Crippen molar-refractivity contribution in [3.05, 3.63) is 0 Å². The summed E-state index contributed by atoms with van der Waals surface area (Å²) in [6, 6.07) is 1.47. The minimum Gasteiger partial charge on any atom is -0.337 e. The molecule has 0 aromatic rings. The predicted molar refractivity (Wildman–Crippen MR) is 71.4 cm³/mol. The van der Waals surface area contributed by atoms with Crippen LogP contribution in [0.15, 0.2) is 0 Å². The molecular weight excluding hydrogens is 226 g/mol. The molecular formula is C14H25N3O. The van der Waals surface area contributed by atoms with Gasteiger partial charge in [-0.3, -0.25) is 9.69 Å². The van der Waals surface area contributed by atoms with Crippen LogP contribution in [-0.2, 0) is 4.79 Å². The molecule has 0 aromatic carbocycles. The van der Waals surface area contributed by atoms with Crippen molar-refractivity contribution >= 4 is 5.91 Å². The summed E-state index contributed by atoms with van der Waals surface area (Å²) in [6.07, 6.45) is 5.69. The third-order valence-electron chi connectivity index (χ3n) is 4.84. The maximum atomic E-state index is 12.4. The number of carbonyl (C=O) groups is 1. The standard InChI is InChI=1S/C14H25N3O/c1-11-9-16-7-3-5-13(16)10-17(11)14(18)8-12-4-2-6-15-12/h11-13,15H,2-10H2,1H3. The highest BCUT2D eigenvalue weighted by molar-refractivity contribution is 5.77. The average Bonchev–Trinajstić information content (AvgIpc) is 2.98. The number of hydrogen-bond donors (Lipinski definition) is 1. The van der Waals surface area contributed by atoms with E-state index in [0.717, 1.165) is 19.6 Å². The van der Waals surface area contributed by atoms with Crippen LogP contribution in [0.3, 0.4) is 0 Å². The van der Waals surface area contributed by atoms with Gasteiger partial charge in [-0.05, 0) is 45.7 Å². The van der Waals surface area contributed by atoms with Gasteiger partial charge in [-0.1, -0.05) is 0 Å². The first-order valence-electron chi connectivity index (χ1n) is 7.51. The molecule has 0 saturated carbocycles. The van der Waals surface area contributed by atoms with Crippen LogP contribution in [0.4, 0.5) is 0 Å². The van der Waals surface area contributed by atoms with E-state index in [2.05, 4.69) is 22.0 Å². The molecule has 0 bridgehead atoms. The summed E-state index contributed by atoms with van der Waals surface area (Å²) < 4.78 is 0. The highest BCUT2D eigenvalue weighted by Crippen LogP contribution is 2.25. The Bertz CT molecular complexity index is 314. The number of amides is 1. The van der Waals surface area contributed by atoms with Gasteiger partial charge in [-0.15, -0.1) is 0 Å². The first-order valence-corrected chi connectivity index (χ1v) is 7.51. The van der Waals surface area contributed by atoms with E-state index in [1.807, 2.05) is 0 Å². The molecule has 0 aliphatic carbocycles. The van der Waals surface area contributed by atoms with Crippen LogP contribution in [0.1, 0.15) is 39.0 Å². The molecule has 0 spiro atoms. The second-order valence-electron chi connectivity index (χ2n) is 6.18. The van der Waals surface area contributed by atoms with Crippen LogP contribution in [-0.4, -0.2) is 60.0 Å². The summed E-state index contributed by atoms with van der Waals surface area (Å²) in [7, 11) is 0. The largest absolute Gasteiger partial charge is 0.337 e. The lowest BCUT2D eigenvalue weighted by Crippen LogP contribution is -2.57. The summed E-state index contributed by atoms with van der Waals surface area (Å²) in [4.78, 5) is 17.1. The molecule has 3 rings (SSSR count). The molecule has 3 saturated heterocycles. The lowest BCUT2D eigenvalue weighted by atomic mass is 10.1. The van der Waals surface area contributed by atoms with Crippen molar-refractivity contribution in [3.8, 4) is 0 Å². The van der Waals surface area contributed by atoms with E-state index in [0.29, 0.717) is 30.5 Å². The zero-order valence-electron chi connectivity index (χ0n) is 11.4. The molecule has 3 fully saturated rings. The molecule has 4 heteroatoms. The number of hydrogen-bond acceptors (Lipinski definition) is 3. The van der Waals surface area contributed by atoms with Crippen LogP contribution in [0.25, 0.3) is 0 Å². The van der Waals surface area contributed by atoms with Crippen LogP contribution in [0.5, 0.6) is 0 Å². The van der Waals surface area contributed by atoms with Gasteiger partial charge >= 0.3 is 0 Å². The summed E-state index contributed by atoms with van der Waals surface area (Å²) >= 11 is 0. The van der Waals surface area contributed by atoms with Gasteiger partial charge in [0.25, 0.3) is 0 Å². The Morgan fingerprint density at radius 1 is 1.28 bits per heavy atom. The fourth-order valence-electron chi connectivity index (χ4n) is 3.79. The molecule has 3 heterocycles. The molecule has 3 unspecified atom stereocenters. The Balaban J connectivity index is 1.58. The van der Waals surface area contributed by atoms with E-state index >= 15 is 0 Å². The number of carbonyl (C=O) groups excluding carboxylic acids is 1. The van der Waals surface area contributed by atoms with Crippen molar-refractivity contribution < 1.29 is 4.79 Å². The second kappa shape index (κ2) is 5.17. The van der Waals surface area contributed by atoms with E-state index in [4.69, 9.17) is 0 Å². The first-order chi connectivity index (χ1) is 8.74. The van der Waals surface area contributed by atoms with Crippen molar-refractivity contribution in [2.24, 2.45) is 0 Å². The highest BCUT2D eigenvalue weighted by atomic mass is 16.2. The lowest BCUT2D eigenvalue weighted by molar-refractivity contribution is -0.137. The van der Waals surface area contributed by atoms with E-state index in [-0.39, 0.29) is 0 Å². The zero-order chi connectivity index (χ0) is 12.5. The molecule has 3 aliphatic heterocycles. The van der Waals surface area contributed by atoms with E-state index in [1.165, 1.54) is 32.2 Å². The first kappa shape index (κ1) is 12.4. The fraction of sp³-hybridized carbons (Fsp3) is 0.929. The molecule has 0 aromatic heterocycles. The third-order valence-corrected chi connectivity index (χ3v) is 4.84. The minimum absolute atomic E-state index is 0.369. The number of nitrogens with zero attached hydrogens (tertiary/aromatic N) is 2. The normalized spacial score (nSPS) is 36.9. The Morgan fingerprint density at radius 2 is 2.17 bits per heavy atom. The van der Waals surface area contributed by atoms with Crippen LogP contribution >= 0.6 is 0 Å². The zero-order valence-corrected chi connectivity index (χ0v) is 11.4. The van der Waals surface area contributed by atoms with Gasteiger partial charge in [0.15, 0.2) is 0 Å². The predicted octanol–water partition coefficient (Wildman–Crippen LogP) is 0.824. The second-order valence-corrected chi connectivity index (χ2v) is 6.18. The van der Waals surface area contributed by atoms with Crippen molar-refractivity contribution in [1.82, 2.24) is 15.1 Å². The van der Waals surface area contributed by atoms with Gasteiger partial charge in [-0.2, -0.15) is 0 Å². The minimum atomic E-state index is 0.369. The van der Waals surface area contributed by atoms with Gasteiger partial charge in [0.05, 0.1) is 0 Å². The SMILES string of the molecule is CC1CN2CCCC2CN1C(=O)CC1CCCN1.